The van der Waals surface area contributed by atoms with Crippen molar-refractivity contribution in [2.24, 2.45) is 0 Å². The molecule has 0 unspecified atom stereocenters. The van der Waals surface area contributed by atoms with Gasteiger partial charge in [-0.05, 0) is 49.1 Å². The second kappa shape index (κ2) is 7.18. The van der Waals surface area contributed by atoms with E-state index in [1.54, 1.807) is 12.1 Å². The van der Waals surface area contributed by atoms with Crippen molar-refractivity contribution >= 4 is 29.4 Å². The van der Waals surface area contributed by atoms with E-state index in [0.717, 1.165) is 47.6 Å². The molecule has 1 amide bonds. The summed E-state index contributed by atoms with van der Waals surface area (Å²) in [4.78, 5) is 12.5. The lowest BCUT2D eigenvalue weighted by molar-refractivity contribution is -0.111. The number of carbonyl (C=O) groups is 1. The summed E-state index contributed by atoms with van der Waals surface area (Å²) in [6, 6.07) is 17.3. The van der Waals surface area contributed by atoms with E-state index in [1.165, 1.54) is 6.08 Å². The smallest absolute Gasteiger partial charge is 0.249 e. The SMILES string of the molecule is O=C(/C=C/c1ccccc1Cl)Nc1c2c(nn1-c1ccccc1)CCC2. The van der Waals surface area contributed by atoms with E-state index >= 15 is 0 Å². The molecule has 26 heavy (non-hydrogen) atoms. The van der Waals surface area contributed by atoms with Crippen molar-refractivity contribution in [3.05, 3.63) is 82.5 Å². The zero-order chi connectivity index (χ0) is 17.9. The lowest BCUT2D eigenvalue weighted by atomic mass is 10.2. The van der Waals surface area contributed by atoms with Gasteiger partial charge in [-0.2, -0.15) is 5.10 Å². The number of aryl methyl sites for hydroxylation is 1. The summed E-state index contributed by atoms with van der Waals surface area (Å²) in [5.41, 5.74) is 3.95. The van der Waals surface area contributed by atoms with Crippen LogP contribution in [0.1, 0.15) is 23.2 Å². The van der Waals surface area contributed by atoms with Crippen LogP contribution in [-0.2, 0) is 17.6 Å². The number of nitrogens with zero attached hydrogens (tertiary/aromatic N) is 2. The molecule has 0 radical (unpaired) electrons. The van der Waals surface area contributed by atoms with E-state index in [1.807, 2.05) is 53.2 Å². The van der Waals surface area contributed by atoms with Gasteiger partial charge < -0.3 is 5.32 Å². The van der Waals surface area contributed by atoms with Crippen LogP contribution in [0.5, 0.6) is 0 Å². The van der Waals surface area contributed by atoms with Gasteiger partial charge >= 0.3 is 0 Å². The molecule has 130 valence electrons. The van der Waals surface area contributed by atoms with E-state index in [-0.39, 0.29) is 5.91 Å². The maximum atomic E-state index is 12.5. The standard InChI is InChI=1S/C21H18ClN3O/c22-18-11-5-4-7-15(18)13-14-20(26)23-21-17-10-6-12-19(17)24-25(21)16-8-2-1-3-9-16/h1-5,7-9,11,13-14H,6,10,12H2,(H,23,26)/b14-13+. The van der Waals surface area contributed by atoms with Crippen molar-refractivity contribution < 1.29 is 4.79 Å². The number of rotatable bonds is 4. The summed E-state index contributed by atoms with van der Waals surface area (Å²) in [6.45, 7) is 0. The molecule has 0 spiro atoms. The Labute approximate surface area is 157 Å². The van der Waals surface area contributed by atoms with Gasteiger partial charge in [0.1, 0.15) is 5.82 Å². The Bertz CT molecular complexity index is 976. The number of amides is 1. The van der Waals surface area contributed by atoms with E-state index in [2.05, 4.69) is 5.32 Å². The van der Waals surface area contributed by atoms with Crippen LogP contribution in [0.3, 0.4) is 0 Å². The van der Waals surface area contributed by atoms with Crippen molar-refractivity contribution in [1.82, 2.24) is 9.78 Å². The molecule has 4 rings (SSSR count). The minimum atomic E-state index is -0.197. The molecule has 1 heterocycles. The number of fused-ring (bicyclic) bond motifs is 1. The van der Waals surface area contributed by atoms with Crippen LogP contribution < -0.4 is 5.32 Å². The Balaban J connectivity index is 1.62. The summed E-state index contributed by atoms with van der Waals surface area (Å²) < 4.78 is 1.82. The molecule has 5 heteroatoms. The summed E-state index contributed by atoms with van der Waals surface area (Å²) in [7, 11) is 0. The molecular weight excluding hydrogens is 346 g/mol. The summed E-state index contributed by atoms with van der Waals surface area (Å²) >= 11 is 6.14. The monoisotopic (exact) mass is 363 g/mol. The normalized spacial score (nSPS) is 13.1. The second-order valence-electron chi connectivity index (χ2n) is 6.22. The first-order chi connectivity index (χ1) is 12.7. The van der Waals surface area contributed by atoms with Crippen LogP contribution in [0.2, 0.25) is 5.02 Å². The molecule has 1 aromatic heterocycles. The number of halogens is 1. The van der Waals surface area contributed by atoms with Crippen LogP contribution in [0.15, 0.2) is 60.7 Å². The zero-order valence-corrected chi connectivity index (χ0v) is 14.9. The van der Waals surface area contributed by atoms with Gasteiger partial charge in [-0.3, -0.25) is 4.79 Å². The third kappa shape index (κ3) is 3.28. The topological polar surface area (TPSA) is 46.9 Å². The van der Waals surface area contributed by atoms with Crippen molar-refractivity contribution in [3.8, 4) is 5.69 Å². The summed E-state index contributed by atoms with van der Waals surface area (Å²) in [6.07, 6.45) is 6.19. The molecular formula is C21H18ClN3O. The highest BCUT2D eigenvalue weighted by Crippen LogP contribution is 2.31. The number of anilines is 1. The minimum Gasteiger partial charge on any atom is -0.307 e. The van der Waals surface area contributed by atoms with Crippen LogP contribution >= 0.6 is 11.6 Å². The fourth-order valence-corrected chi connectivity index (χ4v) is 3.41. The summed E-state index contributed by atoms with van der Waals surface area (Å²) in [5.74, 6) is 0.564. The van der Waals surface area contributed by atoms with Gasteiger partial charge in [-0.15, -0.1) is 0 Å². The number of hydrogen-bond acceptors (Lipinski definition) is 2. The number of carbonyl (C=O) groups excluding carboxylic acids is 1. The molecule has 1 aliphatic rings. The van der Waals surface area contributed by atoms with Gasteiger partial charge in [0.25, 0.3) is 0 Å². The largest absolute Gasteiger partial charge is 0.307 e. The number of para-hydroxylation sites is 1. The number of aromatic nitrogens is 2. The average molecular weight is 364 g/mol. The van der Waals surface area contributed by atoms with E-state index in [9.17, 15) is 4.79 Å². The predicted octanol–water partition coefficient (Wildman–Crippen LogP) is 4.67. The maximum absolute atomic E-state index is 12.5. The van der Waals surface area contributed by atoms with Crippen LogP contribution in [0.25, 0.3) is 11.8 Å². The second-order valence-corrected chi connectivity index (χ2v) is 6.63. The fraction of sp³-hybridized carbons (Fsp3) is 0.143. The Morgan fingerprint density at radius 3 is 2.65 bits per heavy atom. The molecule has 4 nitrogen and oxygen atoms in total. The van der Waals surface area contributed by atoms with Gasteiger partial charge in [0.05, 0.1) is 11.4 Å². The molecule has 1 aliphatic carbocycles. The molecule has 3 aromatic rings. The molecule has 0 bridgehead atoms. The number of nitrogens with one attached hydrogen (secondary N) is 1. The number of benzene rings is 2. The van der Waals surface area contributed by atoms with Gasteiger partial charge in [0.2, 0.25) is 5.91 Å². The van der Waals surface area contributed by atoms with E-state index < -0.39 is 0 Å². The van der Waals surface area contributed by atoms with Gasteiger partial charge in [-0.1, -0.05) is 48.0 Å². The average Bonchev–Trinajstić information content (AvgIpc) is 3.24. The molecule has 0 saturated carbocycles. The lowest BCUT2D eigenvalue weighted by Crippen LogP contribution is -2.13. The Kier molecular flexibility index (Phi) is 4.59. The van der Waals surface area contributed by atoms with Crippen LogP contribution in [-0.4, -0.2) is 15.7 Å². The van der Waals surface area contributed by atoms with Crippen molar-refractivity contribution in [2.75, 3.05) is 5.32 Å². The molecule has 2 aromatic carbocycles. The first-order valence-corrected chi connectivity index (χ1v) is 9.00. The Morgan fingerprint density at radius 1 is 1.08 bits per heavy atom. The van der Waals surface area contributed by atoms with E-state index in [4.69, 9.17) is 16.7 Å². The molecule has 0 aliphatic heterocycles. The molecule has 0 fully saturated rings. The van der Waals surface area contributed by atoms with Crippen LogP contribution in [0, 0.1) is 0 Å². The molecule has 0 saturated heterocycles. The lowest BCUT2D eigenvalue weighted by Gasteiger charge is -2.09. The van der Waals surface area contributed by atoms with Gasteiger partial charge in [0, 0.05) is 16.7 Å². The Hall–Kier alpha value is -2.85. The van der Waals surface area contributed by atoms with Crippen molar-refractivity contribution in [3.63, 3.8) is 0 Å². The molecule has 0 atom stereocenters. The fourth-order valence-electron chi connectivity index (χ4n) is 3.21. The van der Waals surface area contributed by atoms with E-state index in [0.29, 0.717) is 5.02 Å². The highest BCUT2D eigenvalue weighted by Gasteiger charge is 2.23. The first kappa shape index (κ1) is 16.6. The molecule has 1 N–H and O–H groups in total. The van der Waals surface area contributed by atoms with Crippen molar-refractivity contribution in [1.29, 1.82) is 0 Å². The van der Waals surface area contributed by atoms with Gasteiger partial charge in [0.15, 0.2) is 0 Å². The zero-order valence-electron chi connectivity index (χ0n) is 14.2. The third-order valence-electron chi connectivity index (χ3n) is 4.47. The highest BCUT2D eigenvalue weighted by molar-refractivity contribution is 6.32. The minimum absolute atomic E-state index is 0.197. The Morgan fingerprint density at radius 2 is 1.85 bits per heavy atom. The summed E-state index contributed by atoms with van der Waals surface area (Å²) in [5, 5.41) is 8.33. The van der Waals surface area contributed by atoms with Crippen molar-refractivity contribution in [2.45, 2.75) is 19.3 Å². The predicted molar refractivity (Wildman–Crippen MR) is 105 cm³/mol. The first-order valence-electron chi connectivity index (χ1n) is 8.62. The highest BCUT2D eigenvalue weighted by atomic mass is 35.5. The van der Waals surface area contributed by atoms with Gasteiger partial charge in [-0.25, -0.2) is 4.68 Å². The number of hydrogen-bond donors (Lipinski definition) is 1. The maximum Gasteiger partial charge on any atom is 0.249 e. The third-order valence-corrected chi connectivity index (χ3v) is 4.81. The quantitative estimate of drug-likeness (QED) is 0.685. The van der Waals surface area contributed by atoms with Crippen LogP contribution in [0.4, 0.5) is 5.82 Å².